The third kappa shape index (κ3) is 6.26. The molecule has 0 spiro atoms. The molecule has 0 aliphatic heterocycles. The Morgan fingerprint density at radius 1 is 1.17 bits per heavy atom. The molecular weight excluding hydrogens is 366 g/mol. The van der Waals surface area contributed by atoms with E-state index >= 15 is 0 Å². The minimum Gasteiger partial charge on any atom is -0.381 e. The molecule has 2 saturated carbocycles. The van der Waals surface area contributed by atoms with Crippen LogP contribution in [0, 0.1) is 5.92 Å². The number of anilines is 1. The Balaban J connectivity index is 1.61. The van der Waals surface area contributed by atoms with Crippen LogP contribution >= 0.6 is 0 Å². The number of ether oxygens (including phenoxy) is 1. The van der Waals surface area contributed by atoms with E-state index in [1.165, 1.54) is 26.2 Å². The first kappa shape index (κ1) is 21.8. The highest BCUT2D eigenvalue weighted by atomic mass is 16.5. The molecule has 3 rings (SSSR count). The van der Waals surface area contributed by atoms with E-state index in [0.717, 1.165) is 56.9 Å². The third-order valence-electron chi connectivity index (χ3n) is 6.55. The van der Waals surface area contributed by atoms with Crippen molar-refractivity contribution in [1.82, 2.24) is 10.3 Å². The quantitative estimate of drug-likeness (QED) is 0.724. The van der Waals surface area contributed by atoms with Gasteiger partial charge in [-0.3, -0.25) is 9.59 Å². The number of nitrogens with one attached hydrogen (secondary N) is 2. The molecule has 0 unspecified atom stereocenters. The molecule has 2 aliphatic carbocycles. The summed E-state index contributed by atoms with van der Waals surface area (Å²) in [5.41, 5.74) is 1.03. The fourth-order valence-electron chi connectivity index (χ4n) is 4.84. The summed E-state index contributed by atoms with van der Waals surface area (Å²) in [7, 11) is 1.75. The lowest BCUT2D eigenvalue weighted by Crippen LogP contribution is -2.52. The van der Waals surface area contributed by atoms with Crippen molar-refractivity contribution in [3.8, 4) is 0 Å². The number of hydrogen-bond acceptors (Lipinski definition) is 4. The molecule has 160 valence electrons. The van der Waals surface area contributed by atoms with Gasteiger partial charge in [-0.2, -0.15) is 0 Å². The average molecular weight is 402 g/mol. The van der Waals surface area contributed by atoms with Gasteiger partial charge in [0.25, 0.3) is 0 Å². The molecule has 0 saturated heterocycles. The summed E-state index contributed by atoms with van der Waals surface area (Å²) in [5.74, 6) is 0.748. The van der Waals surface area contributed by atoms with Gasteiger partial charge in [0.1, 0.15) is 5.82 Å². The van der Waals surface area contributed by atoms with Crippen LogP contribution in [0.5, 0.6) is 0 Å². The van der Waals surface area contributed by atoms with Gasteiger partial charge in [0.2, 0.25) is 11.8 Å². The van der Waals surface area contributed by atoms with Crippen LogP contribution in [-0.4, -0.2) is 35.6 Å². The van der Waals surface area contributed by atoms with E-state index in [4.69, 9.17) is 4.74 Å². The van der Waals surface area contributed by atoms with Gasteiger partial charge in [0, 0.05) is 31.7 Å². The maximum atomic E-state index is 13.1. The van der Waals surface area contributed by atoms with Gasteiger partial charge in [-0.05, 0) is 56.6 Å². The van der Waals surface area contributed by atoms with E-state index in [1.54, 1.807) is 7.11 Å². The Bertz CT molecular complexity index is 683. The zero-order valence-electron chi connectivity index (χ0n) is 17.8. The molecule has 0 radical (unpaired) electrons. The third-order valence-corrected chi connectivity index (χ3v) is 6.55. The second-order valence-corrected chi connectivity index (χ2v) is 8.78. The van der Waals surface area contributed by atoms with Gasteiger partial charge in [0.15, 0.2) is 0 Å². The number of aryl methyl sites for hydroxylation is 1. The number of amides is 2. The van der Waals surface area contributed by atoms with E-state index in [1.807, 2.05) is 18.3 Å². The van der Waals surface area contributed by atoms with Crippen LogP contribution in [0.2, 0.25) is 0 Å². The first-order valence-electron chi connectivity index (χ1n) is 11.1. The predicted octanol–water partition coefficient (Wildman–Crippen LogP) is 4.00. The van der Waals surface area contributed by atoms with E-state index in [0.29, 0.717) is 5.82 Å². The summed E-state index contributed by atoms with van der Waals surface area (Å²) in [6.45, 7) is 1.48. The lowest BCUT2D eigenvalue weighted by Gasteiger charge is -2.40. The lowest BCUT2D eigenvalue weighted by atomic mass is 9.77. The van der Waals surface area contributed by atoms with Gasteiger partial charge in [0.05, 0.1) is 6.10 Å². The van der Waals surface area contributed by atoms with Crippen molar-refractivity contribution in [2.24, 2.45) is 5.92 Å². The summed E-state index contributed by atoms with van der Waals surface area (Å²) in [4.78, 5) is 28.5. The molecule has 2 amide bonds. The average Bonchev–Trinajstić information content (AvgIpc) is 2.73. The molecule has 1 heterocycles. The molecule has 2 N–H and O–H groups in total. The summed E-state index contributed by atoms with van der Waals surface area (Å²) < 4.78 is 5.51. The van der Waals surface area contributed by atoms with E-state index < -0.39 is 0 Å². The molecule has 1 aromatic rings. The number of rotatable bonds is 7. The van der Waals surface area contributed by atoms with E-state index in [9.17, 15) is 9.59 Å². The minimum absolute atomic E-state index is 0.0751. The number of nitrogens with zero attached hydrogens (tertiary/aromatic N) is 1. The van der Waals surface area contributed by atoms with Crippen molar-refractivity contribution in [3.63, 3.8) is 0 Å². The normalized spacial score (nSPS) is 23.9. The standard InChI is InChI=1S/C23H35N3O3/c1-17(27)25-21-10-9-18(16-24-21)11-14-23(12-4-3-5-13-23)26-22(28)19-7-6-8-20(15-19)29-2/h9-10,16,19-20H,3-8,11-15H2,1-2H3,(H,26,28)(H,24,25,27)/t19-,20+/m1/s1. The molecule has 0 bridgehead atoms. The number of aromatic nitrogens is 1. The molecule has 2 aliphatic rings. The van der Waals surface area contributed by atoms with Crippen LogP contribution in [0.1, 0.15) is 76.7 Å². The van der Waals surface area contributed by atoms with Gasteiger partial charge in [-0.25, -0.2) is 4.98 Å². The second kappa shape index (κ2) is 10.2. The van der Waals surface area contributed by atoms with Crippen LogP contribution in [0.3, 0.4) is 0 Å². The molecule has 6 heteroatoms. The van der Waals surface area contributed by atoms with Crippen molar-refractivity contribution in [2.45, 2.75) is 89.2 Å². The molecule has 29 heavy (non-hydrogen) atoms. The fraction of sp³-hybridized carbons (Fsp3) is 0.696. The first-order chi connectivity index (χ1) is 14.0. The van der Waals surface area contributed by atoms with Crippen LogP contribution in [0.25, 0.3) is 0 Å². The molecule has 6 nitrogen and oxygen atoms in total. The molecule has 2 atom stereocenters. The second-order valence-electron chi connectivity index (χ2n) is 8.78. The maximum absolute atomic E-state index is 13.1. The van der Waals surface area contributed by atoms with Gasteiger partial charge >= 0.3 is 0 Å². The van der Waals surface area contributed by atoms with Gasteiger partial charge in [-0.15, -0.1) is 0 Å². The number of pyridine rings is 1. The Hall–Kier alpha value is -1.95. The monoisotopic (exact) mass is 401 g/mol. The van der Waals surface area contributed by atoms with Gasteiger partial charge < -0.3 is 15.4 Å². The topological polar surface area (TPSA) is 80.3 Å². The largest absolute Gasteiger partial charge is 0.381 e. The molecule has 0 aromatic carbocycles. The number of methoxy groups -OCH3 is 1. The van der Waals surface area contributed by atoms with Crippen molar-refractivity contribution < 1.29 is 14.3 Å². The highest BCUT2D eigenvalue weighted by Crippen LogP contribution is 2.34. The summed E-state index contributed by atoms with van der Waals surface area (Å²) in [6.07, 6.45) is 13.5. The number of hydrogen-bond donors (Lipinski definition) is 2. The van der Waals surface area contributed by atoms with E-state index in [2.05, 4.69) is 15.6 Å². The maximum Gasteiger partial charge on any atom is 0.223 e. The Morgan fingerprint density at radius 2 is 1.97 bits per heavy atom. The SMILES string of the molecule is CO[C@H]1CCC[C@@H](C(=O)NC2(CCc3ccc(NC(C)=O)nc3)CCCCC2)C1. The smallest absolute Gasteiger partial charge is 0.223 e. The highest BCUT2D eigenvalue weighted by molar-refractivity contribution is 5.87. The highest BCUT2D eigenvalue weighted by Gasteiger charge is 2.36. The van der Waals surface area contributed by atoms with Crippen LogP contribution in [-0.2, 0) is 20.7 Å². The molecule has 2 fully saturated rings. The predicted molar refractivity (Wildman–Crippen MR) is 114 cm³/mol. The number of carbonyl (C=O) groups is 2. The Morgan fingerprint density at radius 3 is 2.62 bits per heavy atom. The molecular formula is C23H35N3O3. The van der Waals surface area contributed by atoms with Crippen molar-refractivity contribution in [1.29, 1.82) is 0 Å². The summed E-state index contributed by atoms with van der Waals surface area (Å²) in [5, 5.41) is 6.18. The van der Waals surface area contributed by atoms with Crippen molar-refractivity contribution >= 4 is 17.6 Å². The zero-order chi connectivity index (χ0) is 20.7. The van der Waals surface area contributed by atoms with E-state index in [-0.39, 0.29) is 29.4 Å². The fourth-order valence-corrected chi connectivity index (χ4v) is 4.84. The van der Waals surface area contributed by atoms with Gasteiger partial charge in [-0.1, -0.05) is 31.7 Å². The number of carbonyl (C=O) groups excluding carboxylic acids is 2. The minimum atomic E-state index is -0.118. The van der Waals surface area contributed by atoms with Crippen LogP contribution < -0.4 is 10.6 Å². The van der Waals surface area contributed by atoms with Crippen molar-refractivity contribution in [2.75, 3.05) is 12.4 Å². The van der Waals surface area contributed by atoms with Crippen LogP contribution in [0.15, 0.2) is 18.3 Å². The molecule has 1 aromatic heterocycles. The lowest BCUT2D eigenvalue weighted by molar-refractivity contribution is -0.130. The Kier molecular flexibility index (Phi) is 7.64. The van der Waals surface area contributed by atoms with Crippen molar-refractivity contribution in [3.05, 3.63) is 23.9 Å². The van der Waals surface area contributed by atoms with Crippen LogP contribution in [0.4, 0.5) is 5.82 Å². The first-order valence-corrected chi connectivity index (χ1v) is 11.1. The summed E-state index contributed by atoms with van der Waals surface area (Å²) in [6, 6.07) is 3.86. The Labute approximate surface area is 174 Å². The zero-order valence-corrected chi connectivity index (χ0v) is 17.8. The summed E-state index contributed by atoms with van der Waals surface area (Å²) >= 11 is 0.